The number of hydrogen-bond donors (Lipinski definition) is 0. The molecule has 0 aliphatic heterocycles. The fraction of sp³-hybridized carbons (Fsp3) is 0.375. The van der Waals surface area contributed by atoms with Gasteiger partial charge in [0.05, 0.1) is 17.6 Å². The van der Waals surface area contributed by atoms with Crippen LogP contribution in [0.2, 0.25) is 0 Å². The van der Waals surface area contributed by atoms with Crippen molar-refractivity contribution < 1.29 is 12.8 Å². The molecule has 0 saturated heterocycles. The molecular formula is C16H21BFN3O2S. The minimum atomic E-state index is -3.48. The molecule has 1 aromatic heterocycles. The van der Waals surface area contributed by atoms with Gasteiger partial charge in [-0.1, -0.05) is 20.2 Å². The van der Waals surface area contributed by atoms with Crippen LogP contribution in [0.1, 0.15) is 31.0 Å². The van der Waals surface area contributed by atoms with Gasteiger partial charge in [0.2, 0.25) is 16.0 Å². The summed E-state index contributed by atoms with van der Waals surface area (Å²) in [6.45, 7) is 4.00. The summed E-state index contributed by atoms with van der Waals surface area (Å²) < 4.78 is 38.0. The summed E-state index contributed by atoms with van der Waals surface area (Å²) in [6, 6.07) is 6.02. The third-order valence-electron chi connectivity index (χ3n) is 3.82. The molecule has 0 fully saturated rings. The van der Waals surface area contributed by atoms with Gasteiger partial charge in [0.1, 0.15) is 13.7 Å². The van der Waals surface area contributed by atoms with Gasteiger partial charge in [-0.3, -0.25) is 0 Å². The summed E-state index contributed by atoms with van der Waals surface area (Å²) in [4.78, 5) is 8.94. The van der Waals surface area contributed by atoms with Gasteiger partial charge in [-0.15, -0.1) is 0 Å². The third kappa shape index (κ3) is 3.75. The first kappa shape index (κ1) is 18.4. The Balaban J connectivity index is 2.76. The molecule has 1 heterocycles. The van der Waals surface area contributed by atoms with Crippen LogP contribution in [0.4, 0.5) is 10.3 Å². The van der Waals surface area contributed by atoms with Crippen molar-refractivity contribution in [2.75, 3.05) is 17.6 Å². The van der Waals surface area contributed by atoms with Gasteiger partial charge in [-0.05, 0) is 35.7 Å². The molecule has 0 unspecified atom stereocenters. The first-order valence-corrected chi connectivity index (χ1v) is 9.60. The second-order valence-electron chi connectivity index (χ2n) is 5.98. The van der Waals surface area contributed by atoms with E-state index >= 15 is 0 Å². The van der Waals surface area contributed by atoms with Gasteiger partial charge in [0, 0.05) is 12.6 Å². The molecule has 8 heteroatoms. The van der Waals surface area contributed by atoms with Crippen molar-refractivity contribution in [1.82, 2.24) is 9.97 Å². The van der Waals surface area contributed by atoms with Crippen LogP contribution in [-0.2, 0) is 16.3 Å². The lowest BCUT2D eigenvalue weighted by Gasteiger charge is -2.21. The van der Waals surface area contributed by atoms with E-state index in [0.29, 0.717) is 12.0 Å². The predicted molar refractivity (Wildman–Crippen MR) is 97.0 cm³/mol. The predicted octanol–water partition coefficient (Wildman–Crippen LogP) is 1.93. The first-order chi connectivity index (χ1) is 11.1. The molecule has 0 bridgehead atoms. The molecule has 0 saturated carbocycles. The Morgan fingerprint density at radius 1 is 1.21 bits per heavy atom. The monoisotopic (exact) mass is 349 g/mol. The topological polar surface area (TPSA) is 63.2 Å². The van der Waals surface area contributed by atoms with Gasteiger partial charge in [0.15, 0.2) is 0 Å². The van der Waals surface area contributed by atoms with E-state index in [9.17, 15) is 12.8 Å². The minimum Gasteiger partial charge on any atom is -0.241 e. The maximum absolute atomic E-state index is 13.2. The van der Waals surface area contributed by atoms with E-state index in [1.54, 1.807) is 12.1 Å². The molecule has 2 rings (SSSR count). The van der Waals surface area contributed by atoms with Gasteiger partial charge < -0.3 is 0 Å². The highest BCUT2D eigenvalue weighted by Gasteiger charge is 2.22. The maximum atomic E-state index is 13.2. The van der Waals surface area contributed by atoms with Crippen LogP contribution in [0.15, 0.2) is 24.3 Å². The quantitative estimate of drug-likeness (QED) is 0.774. The number of rotatable bonds is 5. The summed E-state index contributed by atoms with van der Waals surface area (Å²) in [5.74, 6) is -0.102. The van der Waals surface area contributed by atoms with Gasteiger partial charge in [-0.25, -0.2) is 27.1 Å². The Kier molecular flexibility index (Phi) is 5.27. The molecule has 24 heavy (non-hydrogen) atoms. The summed E-state index contributed by atoms with van der Waals surface area (Å²) in [7, 11) is -0.0522. The maximum Gasteiger partial charge on any atom is 0.239 e. The zero-order valence-electron chi connectivity index (χ0n) is 14.5. The Bertz CT molecular complexity index is 839. The van der Waals surface area contributed by atoms with E-state index in [0.717, 1.165) is 27.4 Å². The van der Waals surface area contributed by atoms with Crippen LogP contribution in [0.5, 0.6) is 0 Å². The molecule has 2 aromatic rings. The number of halogens is 1. The van der Waals surface area contributed by atoms with Crippen molar-refractivity contribution >= 4 is 23.8 Å². The number of hydrogen-bond acceptors (Lipinski definition) is 4. The fourth-order valence-corrected chi connectivity index (χ4v) is 2.83. The molecule has 0 aliphatic rings. The average Bonchev–Trinajstić information content (AvgIpc) is 2.52. The van der Waals surface area contributed by atoms with E-state index < -0.39 is 10.0 Å². The number of benzene rings is 1. The van der Waals surface area contributed by atoms with E-state index in [4.69, 9.17) is 0 Å². The second kappa shape index (κ2) is 6.89. The third-order valence-corrected chi connectivity index (χ3v) is 4.98. The van der Waals surface area contributed by atoms with Crippen LogP contribution in [0, 0.1) is 5.82 Å². The number of nitrogens with zero attached hydrogens (tertiary/aromatic N) is 3. The van der Waals surface area contributed by atoms with Crippen molar-refractivity contribution in [1.29, 1.82) is 0 Å². The van der Waals surface area contributed by atoms with E-state index in [1.165, 1.54) is 19.2 Å². The fourth-order valence-electron chi connectivity index (χ4n) is 2.45. The van der Waals surface area contributed by atoms with Crippen molar-refractivity contribution in [3.05, 3.63) is 41.3 Å². The van der Waals surface area contributed by atoms with Crippen LogP contribution in [-0.4, -0.2) is 39.5 Å². The van der Waals surface area contributed by atoms with Crippen molar-refractivity contribution in [2.45, 2.75) is 26.1 Å². The first-order valence-electron chi connectivity index (χ1n) is 7.75. The molecule has 128 valence electrons. The Labute approximate surface area is 143 Å². The molecule has 0 N–H and O–H groups in total. The smallest absolute Gasteiger partial charge is 0.239 e. The number of aromatic nitrogens is 2. The molecule has 0 radical (unpaired) electrons. The largest absolute Gasteiger partial charge is 0.241 e. The highest BCUT2D eigenvalue weighted by Crippen LogP contribution is 2.30. The molecule has 1 aromatic carbocycles. The highest BCUT2D eigenvalue weighted by molar-refractivity contribution is 7.92. The lowest BCUT2D eigenvalue weighted by Crippen LogP contribution is -2.28. The van der Waals surface area contributed by atoms with E-state index in [-0.39, 0.29) is 17.7 Å². The number of sulfonamides is 1. The summed E-state index contributed by atoms with van der Waals surface area (Å²) >= 11 is 0. The normalized spacial score (nSPS) is 11.8. The standard InChI is InChI=1S/C16H21BFN3O2S/c1-10(2)14-13(9-17)15(11-5-7-12(18)8-6-11)20-16(19-14)21(3)24(4,22)23/h5-8,10H,9,17H2,1-4H3. The van der Waals surface area contributed by atoms with Crippen LogP contribution in [0.3, 0.4) is 0 Å². The van der Waals surface area contributed by atoms with Crippen molar-refractivity contribution in [3.63, 3.8) is 0 Å². The summed E-state index contributed by atoms with van der Waals surface area (Å²) in [6.07, 6.45) is 1.81. The van der Waals surface area contributed by atoms with Crippen molar-refractivity contribution in [2.24, 2.45) is 0 Å². The zero-order valence-corrected chi connectivity index (χ0v) is 15.4. The van der Waals surface area contributed by atoms with Crippen LogP contribution >= 0.6 is 0 Å². The Morgan fingerprint density at radius 2 is 1.79 bits per heavy atom. The average molecular weight is 349 g/mol. The Morgan fingerprint density at radius 3 is 2.25 bits per heavy atom. The molecule has 0 atom stereocenters. The lowest BCUT2D eigenvalue weighted by atomic mass is 9.88. The molecule has 5 nitrogen and oxygen atoms in total. The SMILES string of the molecule is BCc1c(-c2ccc(F)cc2)nc(N(C)S(C)(=O)=O)nc1C(C)C. The number of anilines is 1. The molecule has 0 spiro atoms. The molecule has 0 amide bonds. The van der Waals surface area contributed by atoms with E-state index in [1.807, 2.05) is 21.7 Å². The van der Waals surface area contributed by atoms with Gasteiger partial charge in [-0.2, -0.15) is 0 Å². The van der Waals surface area contributed by atoms with E-state index in [2.05, 4.69) is 9.97 Å². The lowest BCUT2D eigenvalue weighted by molar-refractivity contribution is 0.599. The Hall–Kier alpha value is -1.96. The highest BCUT2D eigenvalue weighted by atomic mass is 32.2. The molecular weight excluding hydrogens is 328 g/mol. The summed E-state index contributed by atoms with van der Waals surface area (Å²) in [5.41, 5.74) is 3.13. The van der Waals surface area contributed by atoms with Crippen LogP contribution < -0.4 is 4.31 Å². The zero-order chi connectivity index (χ0) is 18.1. The summed E-state index contributed by atoms with van der Waals surface area (Å²) in [5, 5.41) is 0. The van der Waals surface area contributed by atoms with Gasteiger partial charge >= 0.3 is 0 Å². The minimum absolute atomic E-state index is 0.105. The van der Waals surface area contributed by atoms with Crippen molar-refractivity contribution in [3.8, 4) is 11.3 Å². The second-order valence-corrected chi connectivity index (χ2v) is 8.00. The molecule has 0 aliphatic carbocycles. The van der Waals surface area contributed by atoms with Gasteiger partial charge in [0.25, 0.3) is 0 Å². The van der Waals surface area contributed by atoms with Crippen LogP contribution in [0.25, 0.3) is 11.3 Å².